The van der Waals surface area contributed by atoms with Crippen molar-refractivity contribution in [1.29, 1.82) is 0 Å². The molecule has 0 saturated carbocycles. The van der Waals surface area contributed by atoms with E-state index in [1.54, 1.807) is 0 Å². The smallest absolute Gasteiger partial charge is 0.306 e. The van der Waals surface area contributed by atoms with Crippen LogP contribution < -0.4 is 0 Å². The molecule has 0 heterocycles. The van der Waals surface area contributed by atoms with Crippen molar-refractivity contribution in [3.8, 4) is 0 Å². The van der Waals surface area contributed by atoms with Gasteiger partial charge < -0.3 is 14.2 Å². The Labute approximate surface area is 430 Å². The molecule has 0 aromatic rings. The second kappa shape index (κ2) is 57.1. The summed E-state index contributed by atoms with van der Waals surface area (Å²) >= 11 is 0. The molecule has 0 aromatic heterocycles. The standard InChI is InChI=1S/C64H102O6/c1-4-7-10-13-16-19-22-25-28-31-34-36-39-42-45-48-51-54-57-63(66)69-60-61(70-64(67)58-55-52-49-46-43-40-37-33-30-27-24-21-18-15-12-9-6-3)59-68-62(65)56-53-50-47-44-41-38-35-32-29-26-23-20-17-14-11-8-5-2/h10,13,16,19,22,25-31,34-38,40,44,46-47,49,61H,4-9,11-12,14-15,17-18,20-21,23-24,32-33,39,41-43,45,48,50-60H2,1-3H3/b13-10-,19-16-,25-22-,29-26-,30-27-,31-28-,36-34-,38-35-,40-37-,47-44-,49-46-. The summed E-state index contributed by atoms with van der Waals surface area (Å²) in [4.78, 5) is 38.1. The van der Waals surface area contributed by atoms with Crippen LogP contribution in [0.2, 0.25) is 0 Å². The number of carbonyl (C=O) groups is 3. The van der Waals surface area contributed by atoms with E-state index < -0.39 is 6.10 Å². The summed E-state index contributed by atoms with van der Waals surface area (Å²) in [6.07, 6.45) is 80.1. The molecule has 0 saturated heterocycles. The molecule has 0 rings (SSSR count). The van der Waals surface area contributed by atoms with Crippen LogP contribution >= 0.6 is 0 Å². The maximum atomic E-state index is 12.8. The van der Waals surface area contributed by atoms with Gasteiger partial charge >= 0.3 is 17.9 Å². The van der Waals surface area contributed by atoms with Gasteiger partial charge in [0.15, 0.2) is 6.10 Å². The van der Waals surface area contributed by atoms with E-state index in [9.17, 15) is 14.4 Å². The van der Waals surface area contributed by atoms with Gasteiger partial charge in [0.25, 0.3) is 0 Å². The zero-order valence-corrected chi connectivity index (χ0v) is 45.0. The van der Waals surface area contributed by atoms with Crippen molar-refractivity contribution in [2.75, 3.05) is 13.2 Å². The van der Waals surface area contributed by atoms with Crippen LogP contribution in [0.3, 0.4) is 0 Å². The van der Waals surface area contributed by atoms with Gasteiger partial charge in [0.1, 0.15) is 13.2 Å². The van der Waals surface area contributed by atoms with Crippen LogP contribution in [0.1, 0.15) is 233 Å². The summed E-state index contributed by atoms with van der Waals surface area (Å²) in [6, 6.07) is 0. The normalized spacial score (nSPS) is 13.1. The van der Waals surface area contributed by atoms with Crippen LogP contribution in [-0.2, 0) is 28.6 Å². The van der Waals surface area contributed by atoms with E-state index in [0.29, 0.717) is 19.3 Å². The van der Waals surface area contributed by atoms with Crippen LogP contribution in [0.25, 0.3) is 0 Å². The van der Waals surface area contributed by atoms with Crippen molar-refractivity contribution >= 4 is 17.9 Å². The molecule has 0 spiro atoms. The predicted molar refractivity (Wildman–Crippen MR) is 302 cm³/mol. The highest BCUT2D eigenvalue weighted by molar-refractivity contribution is 5.71. The maximum Gasteiger partial charge on any atom is 0.306 e. The number of esters is 3. The molecule has 394 valence electrons. The van der Waals surface area contributed by atoms with Gasteiger partial charge in [-0.3, -0.25) is 14.4 Å². The molecule has 70 heavy (non-hydrogen) atoms. The van der Waals surface area contributed by atoms with Crippen molar-refractivity contribution in [2.24, 2.45) is 0 Å². The van der Waals surface area contributed by atoms with Crippen molar-refractivity contribution in [3.63, 3.8) is 0 Å². The molecule has 0 aliphatic heterocycles. The number of ether oxygens (including phenoxy) is 3. The molecule has 0 aliphatic rings. The molecule has 6 nitrogen and oxygen atoms in total. The molecule has 0 amide bonds. The van der Waals surface area contributed by atoms with Gasteiger partial charge in [-0.25, -0.2) is 0 Å². The third kappa shape index (κ3) is 54.5. The lowest BCUT2D eigenvalue weighted by atomic mass is 10.1. The number of hydrogen-bond acceptors (Lipinski definition) is 6. The first-order valence-electron chi connectivity index (χ1n) is 28.3. The SMILES string of the molecule is CCC\C=C/C=C\C=C/C=C\C=C/CCCCCCCC(=O)OCC(COC(=O)CCC/C=C\C/C=C\C/C=C\CCCCCCCC)OC(=O)CCC/C=C\C/C=C\C/C=C\CCCCCCCC. The lowest BCUT2D eigenvalue weighted by Gasteiger charge is -2.18. The zero-order chi connectivity index (χ0) is 50.7. The van der Waals surface area contributed by atoms with Crippen LogP contribution in [0.5, 0.6) is 0 Å². The Morgan fingerprint density at radius 3 is 1.04 bits per heavy atom. The molecular formula is C64H102O6. The Morgan fingerprint density at radius 2 is 0.614 bits per heavy atom. The molecule has 0 aromatic carbocycles. The second-order valence-electron chi connectivity index (χ2n) is 18.3. The fourth-order valence-electron chi connectivity index (χ4n) is 7.21. The van der Waals surface area contributed by atoms with E-state index in [0.717, 1.165) is 83.5 Å². The molecule has 0 fully saturated rings. The average Bonchev–Trinajstić information content (AvgIpc) is 3.36. The summed E-state index contributed by atoms with van der Waals surface area (Å²) in [7, 11) is 0. The van der Waals surface area contributed by atoms with Gasteiger partial charge in [0.2, 0.25) is 0 Å². The molecule has 1 unspecified atom stereocenters. The highest BCUT2D eigenvalue weighted by atomic mass is 16.6. The van der Waals surface area contributed by atoms with Gasteiger partial charge in [0, 0.05) is 19.3 Å². The van der Waals surface area contributed by atoms with Gasteiger partial charge in [-0.2, -0.15) is 0 Å². The first-order chi connectivity index (χ1) is 34.5. The quantitative estimate of drug-likeness (QED) is 0.0199. The van der Waals surface area contributed by atoms with E-state index in [1.165, 1.54) is 96.3 Å². The third-order valence-corrected chi connectivity index (χ3v) is 11.5. The highest BCUT2D eigenvalue weighted by Crippen LogP contribution is 2.12. The monoisotopic (exact) mass is 967 g/mol. The van der Waals surface area contributed by atoms with E-state index in [2.05, 4.69) is 118 Å². The van der Waals surface area contributed by atoms with E-state index in [1.807, 2.05) is 36.5 Å². The van der Waals surface area contributed by atoms with E-state index in [4.69, 9.17) is 14.2 Å². The summed E-state index contributed by atoms with van der Waals surface area (Å²) in [5.74, 6) is -1.07. The van der Waals surface area contributed by atoms with Crippen molar-refractivity contribution in [2.45, 2.75) is 239 Å². The topological polar surface area (TPSA) is 78.9 Å². The molecule has 1 atom stereocenters. The lowest BCUT2D eigenvalue weighted by Crippen LogP contribution is -2.30. The van der Waals surface area contributed by atoms with Crippen molar-refractivity contribution in [3.05, 3.63) is 134 Å². The summed E-state index contributed by atoms with van der Waals surface area (Å²) < 4.78 is 16.7. The van der Waals surface area contributed by atoms with Crippen molar-refractivity contribution < 1.29 is 28.6 Å². The van der Waals surface area contributed by atoms with E-state index >= 15 is 0 Å². The van der Waals surface area contributed by atoms with Crippen LogP contribution in [0, 0.1) is 0 Å². The lowest BCUT2D eigenvalue weighted by molar-refractivity contribution is -0.167. The summed E-state index contributed by atoms with van der Waals surface area (Å²) in [5.41, 5.74) is 0. The van der Waals surface area contributed by atoms with Crippen LogP contribution in [-0.4, -0.2) is 37.2 Å². The summed E-state index contributed by atoms with van der Waals surface area (Å²) in [6.45, 7) is 6.42. The Morgan fingerprint density at radius 1 is 0.300 bits per heavy atom. The third-order valence-electron chi connectivity index (χ3n) is 11.5. The fraction of sp³-hybridized carbons (Fsp3) is 0.609. The minimum Gasteiger partial charge on any atom is -0.462 e. The molecule has 0 radical (unpaired) electrons. The molecule has 0 N–H and O–H groups in total. The molecular weight excluding hydrogens is 865 g/mol. The average molecular weight is 968 g/mol. The van der Waals surface area contributed by atoms with Crippen LogP contribution in [0.15, 0.2) is 134 Å². The van der Waals surface area contributed by atoms with Crippen molar-refractivity contribution in [1.82, 2.24) is 0 Å². The first kappa shape index (κ1) is 65.5. The number of allylic oxidation sites excluding steroid dienone is 22. The number of hydrogen-bond donors (Lipinski definition) is 0. The Balaban J connectivity index is 4.62. The number of rotatable bonds is 49. The molecule has 0 bridgehead atoms. The van der Waals surface area contributed by atoms with E-state index in [-0.39, 0.29) is 44.0 Å². The summed E-state index contributed by atoms with van der Waals surface area (Å²) in [5, 5.41) is 0. The zero-order valence-electron chi connectivity index (χ0n) is 45.0. The number of carbonyl (C=O) groups excluding carboxylic acids is 3. The van der Waals surface area contributed by atoms with Crippen LogP contribution in [0.4, 0.5) is 0 Å². The number of unbranched alkanes of at least 4 members (excludes halogenated alkanes) is 20. The minimum atomic E-state index is -0.841. The largest absolute Gasteiger partial charge is 0.462 e. The first-order valence-corrected chi connectivity index (χ1v) is 28.3. The Kier molecular flexibility index (Phi) is 53.5. The highest BCUT2D eigenvalue weighted by Gasteiger charge is 2.19. The van der Waals surface area contributed by atoms with Gasteiger partial charge in [-0.15, -0.1) is 0 Å². The Hall–Kier alpha value is -4.45. The molecule has 6 heteroatoms. The Bertz CT molecular complexity index is 1530. The van der Waals surface area contributed by atoms with Gasteiger partial charge in [-0.05, 0) is 103 Å². The van der Waals surface area contributed by atoms with Gasteiger partial charge in [0.05, 0.1) is 0 Å². The fourth-order valence-corrected chi connectivity index (χ4v) is 7.21. The minimum absolute atomic E-state index is 0.132. The van der Waals surface area contributed by atoms with Gasteiger partial charge in [-0.1, -0.05) is 244 Å². The second-order valence-corrected chi connectivity index (χ2v) is 18.3. The maximum absolute atomic E-state index is 12.8. The molecule has 0 aliphatic carbocycles. The predicted octanol–water partition coefficient (Wildman–Crippen LogP) is 19.0.